The molecule has 2 aromatic rings. The number of pyridine rings is 1. The molecule has 6 heteroatoms. The Labute approximate surface area is 123 Å². The normalized spacial score (nSPS) is 18.4. The van der Waals surface area contributed by atoms with E-state index in [1.165, 1.54) is 0 Å². The minimum Gasteiger partial charge on any atom is -0.350 e. The van der Waals surface area contributed by atoms with Crippen LogP contribution in [0.25, 0.3) is 11.3 Å². The van der Waals surface area contributed by atoms with Crippen molar-refractivity contribution in [2.24, 2.45) is 7.05 Å². The van der Waals surface area contributed by atoms with Crippen molar-refractivity contribution in [2.75, 3.05) is 18.4 Å². The Hall–Kier alpha value is -2.21. The van der Waals surface area contributed by atoms with Crippen molar-refractivity contribution in [2.45, 2.75) is 18.9 Å². The summed E-state index contributed by atoms with van der Waals surface area (Å²) in [6, 6.07) is 5.56. The minimum atomic E-state index is -0.0283. The summed E-state index contributed by atoms with van der Waals surface area (Å²) in [5.74, 6) is 0.634. The van der Waals surface area contributed by atoms with E-state index in [2.05, 4.69) is 20.6 Å². The first-order valence-electron chi connectivity index (χ1n) is 7.20. The van der Waals surface area contributed by atoms with Gasteiger partial charge in [-0.05, 0) is 31.5 Å². The molecule has 0 spiro atoms. The van der Waals surface area contributed by atoms with Gasteiger partial charge in [0.2, 0.25) is 11.5 Å². The van der Waals surface area contributed by atoms with Crippen LogP contribution in [0, 0.1) is 0 Å². The van der Waals surface area contributed by atoms with Crippen molar-refractivity contribution in [1.82, 2.24) is 19.9 Å². The van der Waals surface area contributed by atoms with E-state index in [1.54, 1.807) is 36.1 Å². The molecule has 0 radical (unpaired) electrons. The van der Waals surface area contributed by atoms with Crippen LogP contribution >= 0.6 is 0 Å². The highest BCUT2D eigenvalue weighted by molar-refractivity contribution is 5.58. The maximum atomic E-state index is 11.4. The van der Waals surface area contributed by atoms with E-state index in [1.807, 2.05) is 6.07 Å². The Bertz CT molecular complexity index is 676. The summed E-state index contributed by atoms with van der Waals surface area (Å²) >= 11 is 0. The molecule has 110 valence electrons. The summed E-state index contributed by atoms with van der Waals surface area (Å²) < 4.78 is 1.55. The van der Waals surface area contributed by atoms with E-state index in [0.717, 1.165) is 37.2 Å². The Kier molecular flexibility index (Phi) is 3.96. The highest BCUT2D eigenvalue weighted by Gasteiger charge is 2.13. The fourth-order valence-electron chi connectivity index (χ4n) is 2.49. The lowest BCUT2D eigenvalue weighted by Gasteiger charge is -2.23. The second kappa shape index (κ2) is 6.05. The van der Waals surface area contributed by atoms with Crippen LogP contribution in [0.3, 0.4) is 0 Å². The molecule has 0 aromatic carbocycles. The molecule has 1 atom stereocenters. The molecule has 6 nitrogen and oxygen atoms in total. The number of nitrogens with zero attached hydrogens (tertiary/aromatic N) is 3. The molecule has 21 heavy (non-hydrogen) atoms. The summed E-state index contributed by atoms with van der Waals surface area (Å²) in [5.41, 5.74) is 1.69. The van der Waals surface area contributed by atoms with E-state index in [4.69, 9.17) is 0 Å². The molecule has 0 amide bonds. The van der Waals surface area contributed by atoms with Gasteiger partial charge >= 0.3 is 0 Å². The molecule has 0 aliphatic carbocycles. The molecule has 2 aromatic heterocycles. The minimum absolute atomic E-state index is 0.0283. The van der Waals surface area contributed by atoms with Crippen LogP contribution in [-0.4, -0.2) is 33.7 Å². The number of piperidine rings is 1. The van der Waals surface area contributed by atoms with Crippen molar-refractivity contribution >= 4 is 5.95 Å². The first-order chi connectivity index (χ1) is 10.2. The van der Waals surface area contributed by atoms with Crippen molar-refractivity contribution in [3.8, 4) is 11.3 Å². The standard InChI is InChI=1S/C15H19N5O/c1-20-10-11(4-5-14(20)21)13-6-8-17-15(19-13)18-12-3-2-7-16-9-12/h4-6,8,10,12,16H,2-3,7,9H2,1H3,(H,17,18,19). The van der Waals surface area contributed by atoms with Gasteiger partial charge in [-0.2, -0.15) is 0 Å². The summed E-state index contributed by atoms with van der Waals surface area (Å²) in [7, 11) is 1.74. The van der Waals surface area contributed by atoms with Gasteiger partial charge in [0.25, 0.3) is 0 Å². The van der Waals surface area contributed by atoms with Crippen LogP contribution < -0.4 is 16.2 Å². The molecule has 1 unspecified atom stereocenters. The van der Waals surface area contributed by atoms with Crippen LogP contribution in [-0.2, 0) is 7.05 Å². The number of aryl methyl sites for hydroxylation is 1. The Morgan fingerprint density at radius 3 is 3.05 bits per heavy atom. The summed E-state index contributed by atoms with van der Waals surface area (Å²) in [6.45, 7) is 2.02. The van der Waals surface area contributed by atoms with Gasteiger partial charge in [0.15, 0.2) is 0 Å². The van der Waals surface area contributed by atoms with Gasteiger partial charge in [0.1, 0.15) is 0 Å². The predicted molar refractivity (Wildman–Crippen MR) is 82.2 cm³/mol. The first-order valence-corrected chi connectivity index (χ1v) is 7.20. The van der Waals surface area contributed by atoms with E-state index in [0.29, 0.717) is 12.0 Å². The molecule has 1 aliphatic heterocycles. The Balaban J connectivity index is 1.81. The lowest BCUT2D eigenvalue weighted by atomic mass is 10.1. The van der Waals surface area contributed by atoms with Gasteiger partial charge < -0.3 is 15.2 Å². The molecule has 2 N–H and O–H groups in total. The zero-order chi connectivity index (χ0) is 14.7. The van der Waals surface area contributed by atoms with Gasteiger partial charge in [-0.15, -0.1) is 0 Å². The number of anilines is 1. The van der Waals surface area contributed by atoms with Crippen molar-refractivity contribution in [3.63, 3.8) is 0 Å². The van der Waals surface area contributed by atoms with Crippen LogP contribution in [0.2, 0.25) is 0 Å². The molecule has 1 fully saturated rings. The zero-order valence-electron chi connectivity index (χ0n) is 12.0. The van der Waals surface area contributed by atoms with Crippen LogP contribution in [0.1, 0.15) is 12.8 Å². The lowest BCUT2D eigenvalue weighted by molar-refractivity contribution is 0.478. The average Bonchev–Trinajstić information content (AvgIpc) is 2.51. The van der Waals surface area contributed by atoms with Gasteiger partial charge in [-0.25, -0.2) is 9.97 Å². The second-order valence-electron chi connectivity index (χ2n) is 5.32. The molecule has 0 saturated carbocycles. The molecular formula is C15H19N5O. The maximum absolute atomic E-state index is 11.4. The first kappa shape index (κ1) is 13.8. The Morgan fingerprint density at radius 2 is 2.29 bits per heavy atom. The molecule has 0 bridgehead atoms. The summed E-state index contributed by atoms with van der Waals surface area (Å²) in [4.78, 5) is 20.3. The topological polar surface area (TPSA) is 71.8 Å². The van der Waals surface area contributed by atoms with E-state index in [-0.39, 0.29) is 5.56 Å². The molecule has 1 aliphatic rings. The molecule has 3 rings (SSSR count). The number of aromatic nitrogens is 3. The van der Waals surface area contributed by atoms with Crippen molar-refractivity contribution in [3.05, 3.63) is 40.9 Å². The van der Waals surface area contributed by atoms with E-state index >= 15 is 0 Å². The average molecular weight is 285 g/mol. The number of nitrogens with one attached hydrogen (secondary N) is 2. The quantitative estimate of drug-likeness (QED) is 0.880. The van der Waals surface area contributed by atoms with E-state index < -0.39 is 0 Å². The van der Waals surface area contributed by atoms with Gasteiger partial charge in [-0.3, -0.25) is 4.79 Å². The fraction of sp³-hybridized carbons (Fsp3) is 0.400. The summed E-state index contributed by atoms with van der Waals surface area (Å²) in [6.07, 6.45) is 5.82. The predicted octanol–water partition coefficient (Wildman–Crippen LogP) is 1.01. The smallest absolute Gasteiger partial charge is 0.250 e. The summed E-state index contributed by atoms with van der Waals surface area (Å²) in [5, 5.41) is 6.72. The third kappa shape index (κ3) is 3.28. The van der Waals surface area contributed by atoms with Crippen LogP contribution in [0.4, 0.5) is 5.95 Å². The van der Waals surface area contributed by atoms with Crippen molar-refractivity contribution < 1.29 is 0 Å². The third-order valence-electron chi connectivity index (χ3n) is 3.67. The third-order valence-corrected chi connectivity index (χ3v) is 3.67. The van der Waals surface area contributed by atoms with Crippen LogP contribution in [0.5, 0.6) is 0 Å². The highest BCUT2D eigenvalue weighted by Crippen LogP contribution is 2.16. The maximum Gasteiger partial charge on any atom is 0.250 e. The molecule has 3 heterocycles. The van der Waals surface area contributed by atoms with Crippen molar-refractivity contribution in [1.29, 1.82) is 0 Å². The molecule has 1 saturated heterocycles. The van der Waals surface area contributed by atoms with Gasteiger partial charge in [-0.1, -0.05) is 0 Å². The second-order valence-corrected chi connectivity index (χ2v) is 5.32. The number of hydrogen-bond donors (Lipinski definition) is 2. The zero-order valence-corrected chi connectivity index (χ0v) is 12.0. The molecular weight excluding hydrogens is 266 g/mol. The number of hydrogen-bond acceptors (Lipinski definition) is 5. The Morgan fingerprint density at radius 1 is 1.38 bits per heavy atom. The SMILES string of the molecule is Cn1cc(-c2ccnc(NC3CCCNC3)n2)ccc1=O. The lowest BCUT2D eigenvalue weighted by Crippen LogP contribution is -2.38. The fourth-order valence-corrected chi connectivity index (χ4v) is 2.49. The monoisotopic (exact) mass is 285 g/mol. The van der Waals surface area contributed by atoms with Gasteiger partial charge in [0.05, 0.1) is 5.69 Å². The van der Waals surface area contributed by atoms with E-state index in [9.17, 15) is 4.79 Å². The van der Waals surface area contributed by atoms with Gasteiger partial charge in [0, 0.05) is 43.7 Å². The number of rotatable bonds is 3. The van der Waals surface area contributed by atoms with Crippen LogP contribution in [0.15, 0.2) is 35.4 Å². The highest BCUT2D eigenvalue weighted by atomic mass is 16.1. The largest absolute Gasteiger partial charge is 0.350 e.